The summed E-state index contributed by atoms with van der Waals surface area (Å²) in [4.78, 5) is 16.9. The molecule has 0 aliphatic rings. The van der Waals surface area contributed by atoms with Gasteiger partial charge in [0.05, 0.1) is 11.4 Å². The molecule has 0 aliphatic heterocycles. The predicted octanol–water partition coefficient (Wildman–Crippen LogP) is 2.42. The van der Waals surface area contributed by atoms with Crippen molar-refractivity contribution in [2.45, 2.75) is 6.54 Å². The van der Waals surface area contributed by atoms with Gasteiger partial charge in [0.15, 0.2) is 0 Å². The second-order valence-electron chi connectivity index (χ2n) is 4.05. The van der Waals surface area contributed by atoms with Crippen molar-refractivity contribution in [2.24, 2.45) is 0 Å². The van der Waals surface area contributed by atoms with Crippen molar-refractivity contribution in [3.8, 4) is 10.6 Å². The van der Waals surface area contributed by atoms with Gasteiger partial charge in [-0.25, -0.2) is 4.68 Å². The molecule has 0 saturated heterocycles. The summed E-state index contributed by atoms with van der Waals surface area (Å²) in [7, 11) is 0. The molecule has 0 radical (unpaired) electrons. The zero-order valence-electron chi connectivity index (χ0n) is 10.1. The summed E-state index contributed by atoms with van der Waals surface area (Å²) >= 11 is 1.61. The van der Waals surface area contributed by atoms with Crippen molar-refractivity contribution >= 4 is 11.3 Å². The fraction of sp³-hybridized carbons (Fsp3) is 0.0714. The molecule has 3 aromatic heterocycles. The normalized spacial score (nSPS) is 10.5. The van der Waals surface area contributed by atoms with Crippen LogP contribution in [0.25, 0.3) is 10.6 Å². The number of aromatic nitrogens is 3. The van der Waals surface area contributed by atoms with Gasteiger partial charge in [-0.1, -0.05) is 6.07 Å². The third kappa shape index (κ3) is 2.61. The van der Waals surface area contributed by atoms with Crippen LogP contribution in [-0.2, 0) is 6.54 Å². The topological polar surface area (TPSA) is 47.8 Å². The van der Waals surface area contributed by atoms with Gasteiger partial charge < -0.3 is 0 Å². The lowest BCUT2D eigenvalue weighted by Crippen LogP contribution is -2.22. The van der Waals surface area contributed by atoms with E-state index in [2.05, 4.69) is 10.1 Å². The fourth-order valence-corrected chi connectivity index (χ4v) is 2.47. The van der Waals surface area contributed by atoms with Crippen molar-refractivity contribution in [3.05, 3.63) is 70.1 Å². The Kier molecular flexibility index (Phi) is 3.20. The van der Waals surface area contributed by atoms with Crippen molar-refractivity contribution in [2.75, 3.05) is 0 Å². The third-order valence-corrected chi connectivity index (χ3v) is 3.61. The van der Waals surface area contributed by atoms with Crippen LogP contribution in [0.5, 0.6) is 0 Å². The molecule has 3 heterocycles. The molecule has 0 bridgehead atoms. The van der Waals surface area contributed by atoms with Gasteiger partial charge >= 0.3 is 0 Å². The Morgan fingerprint density at radius 2 is 1.95 bits per heavy atom. The van der Waals surface area contributed by atoms with Crippen LogP contribution in [0.2, 0.25) is 0 Å². The minimum atomic E-state index is -0.0999. The highest BCUT2D eigenvalue weighted by atomic mass is 32.1. The highest BCUT2D eigenvalue weighted by molar-refractivity contribution is 7.13. The maximum Gasteiger partial charge on any atom is 0.267 e. The molecule has 5 heteroatoms. The molecule has 0 saturated carbocycles. The SMILES string of the molecule is O=c1ccc(-c2cccs2)nn1Cc1ccncc1. The minimum Gasteiger partial charge on any atom is -0.268 e. The van der Waals surface area contributed by atoms with E-state index in [1.165, 1.54) is 4.68 Å². The molecule has 0 aromatic carbocycles. The number of pyridine rings is 1. The monoisotopic (exact) mass is 269 g/mol. The van der Waals surface area contributed by atoms with Crippen LogP contribution < -0.4 is 5.56 Å². The van der Waals surface area contributed by atoms with E-state index < -0.39 is 0 Å². The highest BCUT2D eigenvalue weighted by Gasteiger charge is 2.04. The summed E-state index contributed by atoms with van der Waals surface area (Å²) in [5.74, 6) is 0. The lowest BCUT2D eigenvalue weighted by Gasteiger charge is -2.05. The first-order chi connectivity index (χ1) is 9.33. The molecule has 0 fully saturated rings. The first-order valence-electron chi connectivity index (χ1n) is 5.84. The van der Waals surface area contributed by atoms with Crippen LogP contribution in [0, 0.1) is 0 Å². The average Bonchev–Trinajstić information content (AvgIpc) is 2.96. The van der Waals surface area contributed by atoms with E-state index in [0.717, 1.165) is 16.1 Å². The Bertz CT molecular complexity index is 720. The van der Waals surface area contributed by atoms with Crippen molar-refractivity contribution in [1.29, 1.82) is 0 Å². The van der Waals surface area contributed by atoms with Crippen LogP contribution in [-0.4, -0.2) is 14.8 Å². The number of thiophene rings is 1. The number of hydrogen-bond acceptors (Lipinski definition) is 4. The second kappa shape index (κ2) is 5.16. The molecule has 0 unspecified atom stereocenters. The first kappa shape index (κ1) is 11.8. The zero-order chi connectivity index (χ0) is 13.1. The Morgan fingerprint density at radius 3 is 2.68 bits per heavy atom. The molecule has 0 atom stereocenters. The van der Waals surface area contributed by atoms with Gasteiger partial charge in [0.1, 0.15) is 5.69 Å². The van der Waals surface area contributed by atoms with E-state index in [-0.39, 0.29) is 5.56 Å². The lowest BCUT2D eigenvalue weighted by molar-refractivity contribution is 0.642. The number of rotatable bonds is 3. The van der Waals surface area contributed by atoms with E-state index in [1.807, 2.05) is 29.6 Å². The van der Waals surface area contributed by atoms with Gasteiger partial charge in [-0.15, -0.1) is 11.3 Å². The molecular formula is C14H11N3OS. The maximum atomic E-state index is 11.8. The Hall–Kier alpha value is -2.27. The molecular weight excluding hydrogens is 258 g/mol. The molecule has 4 nitrogen and oxygen atoms in total. The Balaban J connectivity index is 1.97. The van der Waals surface area contributed by atoms with E-state index in [1.54, 1.807) is 35.9 Å². The largest absolute Gasteiger partial charge is 0.268 e. The van der Waals surface area contributed by atoms with Gasteiger partial charge in [-0.2, -0.15) is 5.10 Å². The van der Waals surface area contributed by atoms with Crippen molar-refractivity contribution in [1.82, 2.24) is 14.8 Å². The second-order valence-corrected chi connectivity index (χ2v) is 4.99. The van der Waals surface area contributed by atoms with E-state index >= 15 is 0 Å². The molecule has 94 valence electrons. The first-order valence-corrected chi connectivity index (χ1v) is 6.72. The van der Waals surface area contributed by atoms with Crippen LogP contribution in [0.1, 0.15) is 5.56 Å². The van der Waals surface area contributed by atoms with Crippen LogP contribution in [0.4, 0.5) is 0 Å². The third-order valence-electron chi connectivity index (χ3n) is 2.72. The van der Waals surface area contributed by atoms with Gasteiger partial charge in [0.2, 0.25) is 0 Å². The van der Waals surface area contributed by atoms with Crippen LogP contribution in [0.3, 0.4) is 0 Å². The number of hydrogen-bond donors (Lipinski definition) is 0. The quantitative estimate of drug-likeness (QED) is 0.733. The summed E-state index contributed by atoms with van der Waals surface area (Å²) in [6.45, 7) is 0.459. The molecule has 3 rings (SSSR count). The zero-order valence-corrected chi connectivity index (χ0v) is 10.9. The van der Waals surface area contributed by atoms with E-state index in [9.17, 15) is 4.79 Å². The summed E-state index contributed by atoms with van der Waals surface area (Å²) < 4.78 is 1.48. The molecule has 19 heavy (non-hydrogen) atoms. The van der Waals surface area contributed by atoms with Crippen molar-refractivity contribution in [3.63, 3.8) is 0 Å². The van der Waals surface area contributed by atoms with E-state index in [4.69, 9.17) is 0 Å². The van der Waals surface area contributed by atoms with Gasteiger partial charge in [-0.3, -0.25) is 9.78 Å². The molecule has 0 N–H and O–H groups in total. The lowest BCUT2D eigenvalue weighted by atomic mass is 10.2. The summed E-state index contributed by atoms with van der Waals surface area (Å²) in [5.41, 5.74) is 1.73. The molecule has 0 aliphatic carbocycles. The van der Waals surface area contributed by atoms with E-state index in [0.29, 0.717) is 6.54 Å². The average molecular weight is 269 g/mol. The maximum absolute atomic E-state index is 11.8. The smallest absolute Gasteiger partial charge is 0.267 e. The van der Waals surface area contributed by atoms with Crippen molar-refractivity contribution < 1.29 is 0 Å². The standard InChI is InChI=1S/C14H11N3OS/c18-14-4-3-12(13-2-1-9-19-13)16-17(14)10-11-5-7-15-8-6-11/h1-9H,10H2. The summed E-state index contributed by atoms with van der Waals surface area (Å²) in [6, 6.07) is 11.0. The minimum absolute atomic E-state index is 0.0999. The van der Waals surface area contributed by atoms with Gasteiger partial charge in [0.25, 0.3) is 5.56 Å². The molecule has 0 spiro atoms. The summed E-state index contributed by atoms with van der Waals surface area (Å²) in [6.07, 6.45) is 3.42. The highest BCUT2D eigenvalue weighted by Crippen LogP contribution is 2.21. The van der Waals surface area contributed by atoms with Gasteiger partial charge in [0, 0.05) is 18.5 Å². The Morgan fingerprint density at radius 1 is 1.11 bits per heavy atom. The molecule has 3 aromatic rings. The predicted molar refractivity (Wildman–Crippen MR) is 75.1 cm³/mol. The van der Waals surface area contributed by atoms with Crippen LogP contribution >= 0.6 is 11.3 Å². The molecule has 0 amide bonds. The fourth-order valence-electron chi connectivity index (χ4n) is 1.78. The Labute approximate surface area is 114 Å². The van der Waals surface area contributed by atoms with Gasteiger partial charge in [-0.05, 0) is 35.2 Å². The van der Waals surface area contributed by atoms with Crippen LogP contribution in [0.15, 0.2) is 59.0 Å². The summed E-state index contributed by atoms with van der Waals surface area (Å²) in [5, 5.41) is 6.40. The number of nitrogens with zero attached hydrogens (tertiary/aromatic N) is 3.